The molecule has 4 aromatic rings. The van der Waals surface area contributed by atoms with Gasteiger partial charge in [0.1, 0.15) is 11.4 Å². The third-order valence-corrected chi connectivity index (χ3v) is 5.71. The lowest BCUT2D eigenvalue weighted by Gasteiger charge is -2.34. The van der Waals surface area contributed by atoms with E-state index in [1.165, 1.54) is 11.1 Å². The van der Waals surface area contributed by atoms with Gasteiger partial charge in [0.05, 0.1) is 5.51 Å². The second-order valence-electron chi connectivity index (χ2n) is 6.55. The van der Waals surface area contributed by atoms with Crippen LogP contribution in [0, 0.1) is 0 Å². The Morgan fingerprint density at radius 1 is 0.923 bits per heavy atom. The van der Waals surface area contributed by atoms with Crippen molar-refractivity contribution >= 4 is 17.4 Å². The summed E-state index contributed by atoms with van der Waals surface area (Å²) >= 11 is 1.59. The second-order valence-corrected chi connectivity index (χ2v) is 7.27. The summed E-state index contributed by atoms with van der Waals surface area (Å²) in [6.45, 7) is 0. The summed E-state index contributed by atoms with van der Waals surface area (Å²) < 4.78 is 0. The molecule has 0 unspecified atom stereocenters. The van der Waals surface area contributed by atoms with Crippen LogP contribution in [0.2, 0.25) is 0 Å². The van der Waals surface area contributed by atoms with Gasteiger partial charge in [-0.15, -0.1) is 11.3 Å². The fraction of sp³-hybridized carbons (Fsp3) is 0.0909. The minimum Gasteiger partial charge on any atom is -0.281 e. The molecule has 0 saturated heterocycles. The van der Waals surface area contributed by atoms with Crippen molar-refractivity contribution in [3.63, 3.8) is 0 Å². The monoisotopic (exact) mass is 355 g/mol. The summed E-state index contributed by atoms with van der Waals surface area (Å²) in [5.41, 5.74) is 8.41. The molecule has 5 rings (SSSR count). The van der Waals surface area contributed by atoms with Crippen molar-refractivity contribution in [1.82, 2.24) is 15.2 Å². The highest BCUT2D eigenvalue weighted by Gasteiger charge is 2.36. The number of aromatic nitrogens is 3. The van der Waals surface area contributed by atoms with Crippen molar-refractivity contribution < 1.29 is 0 Å². The zero-order chi connectivity index (χ0) is 17.4. The predicted octanol–water partition coefficient (Wildman–Crippen LogP) is 5.09. The number of nitrogens with one attached hydrogen (secondary N) is 1. The first-order valence-corrected chi connectivity index (χ1v) is 9.57. The van der Waals surface area contributed by atoms with E-state index in [1.54, 1.807) is 11.3 Å². The average molecular weight is 355 g/mol. The van der Waals surface area contributed by atoms with E-state index in [4.69, 9.17) is 0 Å². The Labute approximate surface area is 156 Å². The Bertz CT molecular complexity index is 1010. The summed E-state index contributed by atoms with van der Waals surface area (Å²) in [6, 6.07) is 21.4. The Kier molecular flexibility index (Phi) is 3.57. The quantitative estimate of drug-likeness (QED) is 0.556. The molecular weight excluding hydrogens is 338 g/mol. The van der Waals surface area contributed by atoms with Gasteiger partial charge in [-0.05, 0) is 11.1 Å². The van der Waals surface area contributed by atoms with Crippen LogP contribution in [-0.2, 0) is 11.8 Å². The van der Waals surface area contributed by atoms with Gasteiger partial charge in [-0.3, -0.25) is 5.10 Å². The average Bonchev–Trinajstić information content (AvgIpc) is 3.38. The molecule has 1 aliphatic rings. The first kappa shape index (κ1) is 15.3. The van der Waals surface area contributed by atoms with Gasteiger partial charge in [-0.2, -0.15) is 5.10 Å². The molecule has 0 spiro atoms. The van der Waals surface area contributed by atoms with Crippen molar-refractivity contribution in [2.75, 3.05) is 0 Å². The molecule has 0 radical (unpaired) electrons. The van der Waals surface area contributed by atoms with Crippen molar-refractivity contribution in [3.05, 3.63) is 100 Å². The van der Waals surface area contributed by atoms with Crippen LogP contribution in [0.4, 0.5) is 0 Å². The van der Waals surface area contributed by atoms with Gasteiger partial charge in [0.25, 0.3) is 0 Å². The SMILES string of the molecule is C1=CC(c2ccccc2)(c2ccccc2)Cc2[nH]nc(-c3cscn3)c21. The molecule has 2 heterocycles. The summed E-state index contributed by atoms with van der Waals surface area (Å²) in [4.78, 5) is 4.42. The van der Waals surface area contributed by atoms with Gasteiger partial charge < -0.3 is 0 Å². The van der Waals surface area contributed by atoms with E-state index in [0.29, 0.717) is 0 Å². The molecule has 126 valence electrons. The molecule has 1 N–H and O–H groups in total. The van der Waals surface area contributed by atoms with Crippen molar-refractivity contribution in [3.8, 4) is 11.4 Å². The van der Waals surface area contributed by atoms with E-state index < -0.39 is 0 Å². The standard InChI is InChI=1S/C22H17N3S/c1-3-7-16(8-4-1)22(17-9-5-2-6-10-17)12-11-18-19(13-22)24-25-21(18)20-14-26-15-23-20/h1-12,14-15H,13H2,(H,24,25). The van der Waals surface area contributed by atoms with Crippen LogP contribution in [-0.4, -0.2) is 15.2 Å². The lowest BCUT2D eigenvalue weighted by atomic mass is 9.68. The number of nitrogens with zero attached hydrogens (tertiary/aromatic N) is 2. The van der Waals surface area contributed by atoms with Gasteiger partial charge >= 0.3 is 0 Å². The Hall–Kier alpha value is -2.98. The topological polar surface area (TPSA) is 41.6 Å². The Morgan fingerprint density at radius 3 is 2.23 bits per heavy atom. The van der Waals surface area contributed by atoms with Crippen LogP contribution in [0.5, 0.6) is 0 Å². The first-order chi connectivity index (χ1) is 12.9. The molecule has 0 amide bonds. The van der Waals surface area contributed by atoms with E-state index in [2.05, 4.69) is 88.0 Å². The number of rotatable bonds is 3. The second kappa shape index (κ2) is 6.07. The highest BCUT2D eigenvalue weighted by Crippen LogP contribution is 2.42. The van der Waals surface area contributed by atoms with Gasteiger partial charge in [0, 0.05) is 28.5 Å². The maximum atomic E-state index is 4.56. The van der Waals surface area contributed by atoms with Gasteiger partial charge in [-0.25, -0.2) is 4.98 Å². The predicted molar refractivity (Wildman–Crippen MR) is 106 cm³/mol. The van der Waals surface area contributed by atoms with Crippen molar-refractivity contribution in [2.24, 2.45) is 0 Å². The molecule has 0 saturated carbocycles. The lowest BCUT2D eigenvalue weighted by Crippen LogP contribution is -2.30. The van der Waals surface area contributed by atoms with E-state index in [1.807, 2.05) is 10.9 Å². The molecule has 26 heavy (non-hydrogen) atoms. The van der Waals surface area contributed by atoms with E-state index in [9.17, 15) is 0 Å². The van der Waals surface area contributed by atoms with E-state index in [-0.39, 0.29) is 5.41 Å². The summed E-state index contributed by atoms with van der Waals surface area (Å²) in [7, 11) is 0. The zero-order valence-corrected chi connectivity index (χ0v) is 14.9. The molecule has 0 atom stereocenters. The molecule has 2 aromatic carbocycles. The van der Waals surface area contributed by atoms with Crippen LogP contribution >= 0.6 is 11.3 Å². The van der Waals surface area contributed by atoms with Crippen LogP contribution in [0.15, 0.2) is 77.6 Å². The number of hydrogen-bond donors (Lipinski definition) is 1. The Morgan fingerprint density at radius 2 is 1.62 bits per heavy atom. The third kappa shape index (κ3) is 2.34. The lowest BCUT2D eigenvalue weighted by molar-refractivity contribution is 0.620. The molecule has 2 aromatic heterocycles. The van der Waals surface area contributed by atoms with Gasteiger partial charge in [0.2, 0.25) is 0 Å². The largest absolute Gasteiger partial charge is 0.281 e. The normalized spacial score (nSPS) is 14.9. The van der Waals surface area contributed by atoms with Crippen LogP contribution in [0.1, 0.15) is 22.4 Å². The summed E-state index contributed by atoms with van der Waals surface area (Å²) in [6.07, 6.45) is 5.38. The maximum absolute atomic E-state index is 4.56. The fourth-order valence-electron chi connectivity index (χ4n) is 3.82. The number of H-pyrrole nitrogens is 1. The van der Waals surface area contributed by atoms with Gasteiger partial charge in [-0.1, -0.05) is 72.8 Å². The number of fused-ring (bicyclic) bond motifs is 1. The number of allylic oxidation sites excluding steroid dienone is 1. The molecular formula is C22H17N3S. The maximum Gasteiger partial charge on any atom is 0.119 e. The first-order valence-electron chi connectivity index (χ1n) is 8.63. The minimum absolute atomic E-state index is 0.193. The van der Waals surface area contributed by atoms with E-state index >= 15 is 0 Å². The number of benzene rings is 2. The van der Waals surface area contributed by atoms with Crippen LogP contribution in [0.25, 0.3) is 17.5 Å². The van der Waals surface area contributed by atoms with Crippen LogP contribution < -0.4 is 0 Å². The van der Waals surface area contributed by atoms with Crippen molar-refractivity contribution in [1.29, 1.82) is 0 Å². The summed E-state index contributed by atoms with van der Waals surface area (Å²) in [5.74, 6) is 0. The summed E-state index contributed by atoms with van der Waals surface area (Å²) in [5, 5.41) is 9.88. The molecule has 1 aliphatic carbocycles. The highest BCUT2D eigenvalue weighted by atomic mass is 32.1. The van der Waals surface area contributed by atoms with Crippen LogP contribution in [0.3, 0.4) is 0 Å². The molecule has 3 nitrogen and oxygen atoms in total. The minimum atomic E-state index is -0.193. The smallest absolute Gasteiger partial charge is 0.119 e. The molecule has 4 heteroatoms. The third-order valence-electron chi connectivity index (χ3n) is 5.13. The number of aromatic amines is 1. The molecule has 0 bridgehead atoms. The highest BCUT2D eigenvalue weighted by molar-refractivity contribution is 7.07. The molecule has 0 aliphatic heterocycles. The van der Waals surface area contributed by atoms with E-state index in [0.717, 1.165) is 29.1 Å². The van der Waals surface area contributed by atoms with Crippen molar-refractivity contribution in [2.45, 2.75) is 11.8 Å². The van der Waals surface area contributed by atoms with Gasteiger partial charge in [0.15, 0.2) is 0 Å². The molecule has 0 fully saturated rings. The fourth-order valence-corrected chi connectivity index (χ4v) is 4.36. The Balaban J connectivity index is 1.67. The number of thiazole rings is 1. The zero-order valence-electron chi connectivity index (χ0n) is 14.1. The number of hydrogen-bond acceptors (Lipinski definition) is 3.